The van der Waals surface area contributed by atoms with E-state index in [0.29, 0.717) is 24.2 Å². The van der Waals surface area contributed by atoms with Crippen LogP contribution >= 0.6 is 0 Å². The van der Waals surface area contributed by atoms with Gasteiger partial charge in [0.15, 0.2) is 0 Å². The highest BCUT2D eigenvalue weighted by Gasteiger charge is 2.44. The number of ether oxygens (including phenoxy) is 1. The van der Waals surface area contributed by atoms with E-state index in [1.54, 1.807) is 12.1 Å². The Hall–Kier alpha value is -2.20. The minimum Gasteiger partial charge on any atom is -0.371 e. The summed E-state index contributed by atoms with van der Waals surface area (Å²) in [6.07, 6.45) is 0.702. The molecule has 4 heteroatoms. The molecule has 0 N–H and O–H groups in total. The summed E-state index contributed by atoms with van der Waals surface area (Å²) in [4.78, 5) is 27.0. The Bertz CT molecular complexity index is 713. The normalized spacial score (nSPS) is 21.8. The molecule has 0 saturated carbocycles. The van der Waals surface area contributed by atoms with E-state index in [4.69, 9.17) is 4.74 Å². The van der Waals surface area contributed by atoms with Gasteiger partial charge < -0.3 is 4.74 Å². The zero-order valence-electron chi connectivity index (χ0n) is 11.7. The number of amides is 2. The molecule has 2 aromatic rings. The van der Waals surface area contributed by atoms with Crippen LogP contribution in [0.1, 0.15) is 34.1 Å². The van der Waals surface area contributed by atoms with Crippen molar-refractivity contribution in [2.24, 2.45) is 0 Å². The van der Waals surface area contributed by atoms with Gasteiger partial charge in [0.25, 0.3) is 11.8 Å². The van der Waals surface area contributed by atoms with Gasteiger partial charge in [-0.05, 0) is 23.9 Å². The maximum absolute atomic E-state index is 12.8. The zero-order chi connectivity index (χ0) is 14.6. The number of carbonyl (C=O) groups excluding carboxylic acids is 2. The van der Waals surface area contributed by atoms with Crippen molar-refractivity contribution in [3.05, 3.63) is 47.5 Å². The second-order valence-electron chi connectivity index (χ2n) is 5.54. The summed E-state index contributed by atoms with van der Waals surface area (Å²) in [6.45, 7) is 2.61. The first-order valence-corrected chi connectivity index (χ1v) is 7.23. The van der Waals surface area contributed by atoms with Gasteiger partial charge in [-0.15, -0.1) is 0 Å². The Morgan fingerprint density at radius 3 is 2.19 bits per heavy atom. The van der Waals surface area contributed by atoms with E-state index in [2.05, 4.69) is 0 Å². The van der Waals surface area contributed by atoms with Gasteiger partial charge in [-0.2, -0.15) is 0 Å². The van der Waals surface area contributed by atoms with Crippen LogP contribution in [-0.2, 0) is 4.74 Å². The summed E-state index contributed by atoms with van der Waals surface area (Å²) in [5.74, 6) is -0.404. The number of imide groups is 1. The lowest BCUT2D eigenvalue weighted by Crippen LogP contribution is -2.49. The molecule has 0 radical (unpaired) electrons. The summed E-state index contributed by atoms with van der Waals surface area (Å²) in [7, 11) is 0. The predicted molar refractivity (Wildman–Crippen MR) is 78.3 cm³/mol. The molecule has 0 aromatic heterocycles. The van der Waals surface area contributed by atoms with Crippen LogP contribution in [0.15, 0.2) is 36.4 Å². The second kappa shape index (κ2) is 4.40. The maximum atomic E-state index is 12.8. The largest absolute Gasteiger partial charge is 0.371 e. The van der Waals surface area contributed by atoms with Gasteiger partial charge in [-0.3, -0.25) is 14.5 Å². The van der Waals surface area contributed by atoms with E-state index in [1.807, 2.05) is 31.2 Å². The van der Waals surface area contributed by atoms with E-state index in [9.17, 15) is 9.59 Å². The van der Waals surface area contributed by atoms with Crippen LogP contribution in [0.25, 0.3) is 10.8 Å². The molecule has 2 unspecified atom stereocenters. The van der Waals surface area contributed by atoms with Gasteiger partial charge in [-0.1, -0.05) is 31.2 Å². The van der Waals surface area contributed by atoms with Gasteiger partial charge in [-0.25, -0.2) is 0 Å². The van der Waals surface area contributed by atoms with Gasteiger partial charge in [0.1, 0.15) is 6.10 Å². The third kappa shape index (κ3) is 1.72. The van der Waals surface area contributed by atoms with E-state index in [0.717, 1.165) is 10.8 Å². The molecule has 2 aliphatic heterocycles. The first kappa shape index (κ1) is 12.5. The van der Waals surface area contributed by atoms with Gasteiger partial charge in [0.2, 0.25) is 0 Å². The van der Waals surface area contributed by atoms with Crippen molar-refractivity contribution in [2.75, 3.05) is 6.61 Å². The zero-order valence-corrected chi connectivity index (χ0v) is 11.7. The van der Waals surface area contributed by atoms with E-state index in [1.165, 1.54) is 4.90 Å². The third-order valence-corrected chi connectivity index (χ3v) is 4.34. The van der Waals surface area contributed by atoms with Crippen LogP contribution in [0.4, 0.5) is 0 Å². The van der Waals surface area contributed by atoms with Crippen molar-refractivity contribution in [3.63, 3.8) is 0 Å². The van der Waals surface area contributed by atoms with Crippen LogP contribution in [0.5, 0.6) is 0 Å². The Labute approximate surface area is 122 Å². The molecular weight excluding hydrogens is 266 g/mol. The molecule has 4 nitrogen and oxygen atoms in total. The quantitative estimate of drug-likeness (QED) is 0.642. The van der Waals surface area contributed by atoms with Crippen molar-refractivity contribution >= 4 is 22.6 Å². The number of epoxide rings is 1. The lowest BCUT2D eigenvalue weighted by molar-refractivity contribution is 0.0505. The summed E-state index contributed by atoms with van der Waals surface area (Å²) >= 11 is 0. The molecule has 1 fully saturated rings. The Balaban J connectivity index is 1.92. The van der Waals surface area contributed by atoms with Crippen molar-refractivity contribution < 1.29 is 14.3 Å². The third-order valence-electron chi connectivity index (χ3n) is 4.34. The molecule has 2 atom stereocenters. The number of benzene rings is 2. The lowest BCUT2D eigenvalue weighted by Gasteiger charge is -2.32. The predicted octanol–water partition coefficient (Wildman–Crippen LogP) is 2.61. The average molecular weight is 281 g/mol. The maximum Gasteiger partial charge on any atom is 0.261 e. The molecule has 106 valence electrons. The fourth-order valence-corrected chi connectivity index (χ4v) is 3.24. The highest BCUT2D eigenvalue weighted by molar-refractivity contribution is 6.25. The summed E-state index contributed by atoms with van der Waals surface area (Å²) in [5, 5.41) is 1.71. The summed E-state index contributed by atoms with van der Waals surface area (Å²) in [5.41, 5.74) is 1.23. The Morgan fingerprint density at radius 2 is 1.71 bits per heavy atom. The van der Waals surface area contributed by atoms with Gasteiger partial charge >= 0.3 is 0 Å². The SMILES string of the molecule is CCC(C1CO1)N1C(=O)c2cccc3cccc(c23)C1=O. The average Bonchev–Trinajstić information content (AvgIpc) is 3.33. The highest BCUT2D eigenvalue weighted by Crippen LogP contribution is 2.33. The number of hydrogen-bond donors (Lipinski definition) is 0. The van der Waals surface area contributed by atoms with Crippen molar-refractivity contribution in [1.29, 1.82) is 0 Å². The Morgan fingerprint density at radius 1 is 1.14 bits per heavy atom. The standard InChI is InChI=1S/C17H15NO3/c1-2-13(14-9-21-14)18-16(19)11-7-3-5-10-6-4-8-12(15(10)11)17(18)20/h3-8,13-14H,2,9H2,1H3. The molecule has 2 heterocycles. The number of nitrogens with zero attached hydrogens (tertiary/aromatic N) is 1. The Kier molecular flexibility index (Phi) is 2.62. The number of rotatable bonds is 3. The van der Waals surface area contributed by atoms with Crippen LogP contribution in [0.2, 0.25) is 0 Å². The van der Waals surface area contributed by atoms with Gasteiger partial charge in [0, 0.05) is 16.5 Å². The minimum atomic E-state index is -0.202. The molecule has 2 aliphatic rings. The molecular formula is C17H15NO3. The first-order chi connectivity index (χ1) is 10.2. The molecule has 1 saturated heterocycles. The van der Waals surface area contributed by atoms with Crippen LogP contribution in [-0.4, -0.2) is 35.5 Å². The van der Waals surface area contributed by atoms with Crippen LogP contribution in [0, 0.1) is 0 Å². The van der Waals surface area contributed by atoms with E-state index in [-0.39, 0.29) is 24.0 Å². The second-order valence-corrected chi connectivity index (χ2v) is 5.54. The molecule has 0 spiro atoms. The molecule has 4 rings (SSSR count). The van der Waals surface area contributed by atoms with Crippen molar-refractivity contribution in [3.8, 4) is 0 Å². The number of carbonyl (C=O) groups is 2. The molecule has 21 heavy (non-hydrogen) atoms. The highest BCUT2D eigenvalue weighted by atomic mass is 16.6. The lowest BCUT2D eigenvalue weighted by atomic mass is 9.92. The number of hydrogen-bond acceptors (Lipinski definition) is 3. The van der Waals surface area contributed by atoms with Crippen molar-refractivity contribution in [2.45, 2.75) is 25.5 Å². The minimum absolute atomic E-state index is 0.00707. The fraction of sp³-hybridized carbons (Fsp3) is 0.294. The first-order valence-electron chi connectivity index (χ1n) is 7.23. The fourth-order valence-electron chi connectivity index (χ4n) is 3.24. The summed E-state index contributed by atoms with van der Waals surface area (Å²) in [6, 6.07) is 11.0. The topological polar surface area (TPSA) is 49.9 Å². The smallest absolute Gasteiger partial charge is 0.261 e. The molecule has 2 amide bonds. The van der Waals surface area contributed by atoms with E-state index >= 15 is 0 Å². The molecule has 0 aliphatic carbocycles. The monoisotopic (exact) mass is 281 g/mol. The molecule has 0 bridgehead atoms. The van der Waals surface area contributed by atoms with Crippen LogP contribution < -0.4 is 0 Å². The molecule has 2 aromatic carbocycles. The van der Waals surface area contributed by atoms with E-state index < -0.39 is 0 Å². The van der Waals surface area contributed by atoms with Gasteiger partial charge in [0.05, 0.1) is 12.6 Å². The van der Waals surface area contributed by atoms with Crippen molar-refractivity contribution in [1.82, 2.24) is 4.90 Å². The van der Waals surface area contributed by atoms with Crippen LogP contribution in [0.3, 0.4) is 0 Å². The summed E-state index contributed by atoms with van der Waals surface area (Å²) < 4.78 is 5.33.